The fourth-order valence-corrected chi connectivity index (χ4v) is 5.85. The summed E-state index contributed by atoms with van der Waals surface area (Å²) >= 11 is 0. The van der Waals surface area contributed by atoms with E-state index in [0.717, 1.165) is 50.4 Å². The summed E-state index contributed by atoms with van der Waals surface area (Å²) in [5.74, 6) is 0.396. The van der Waals surface area contributed by atoms with Crippen molar-refractivity contribution in [1.82, 2.24) is 14.5 Å². The van der Waals surface area contributed by atoms with E-state index in [-0.39, 0.29) is 10.9 Å². The van der Waals surface area contributed by atoms with Gasteiger partial charge in [0, 0.05) is 26.2 Å². The number of furan rings is 1. The molecular weight excluding hydrogens is 426 g/mol. The van der Waals surface area contributed by atoms with Crippen molar-refractivity contribution < 1.29 is 17.6 Å². The molecule has 0 bridgehead atoms. The Labute approximate surface area is 190 Å². The van der Waals surface area contributed by atoms with Crippen LogP contribution in [0.1, 0.15) is 60.7 Å². The third-order valence-corrected chi connectivity index (χ3v) is 8.32. The lowest BCUT2D eigenvalue weighted by Gasteiger charge is -2.30. The van der Waals surface area contributed by atoms with Crippen LogP contribution in [0.2, 0.25) is 0 Å². The molecule has 2 aliphatic rings. The van der Waals surface area contributed by atoms with Gasteiger partial charge in [-0.15, -0.1) is 0 Å². The average molecular weight is 460 g/mol. The Balaban J connectivity index is 1.37. The fraction of sp³-hybridized carbons (Fsp3) is 0.542. The second-order valence-electron chi connectivity index (χ2n) is 8.99. The summed E-state index contributed by atoms with van der Waals surface area (Å²) in [5, 5.41) is 2.72. The fourth-order valence-electron chi connectivity index (χ4n) is 4.42. The summed E-state index contributed by atoms with van der Waals surface area (Å²) in [6.45, 7) is 6.74. The zero-order chi connectivity index (χ0) is 22.6. The van der Waals surface area contributed by atoms with Crippen LogP contribution in [0.3, 0.4) is 0 Å². The van der Waals surface area contributed by atoms with Crippen LogP contribution in [0.15, 0.2) is 45.9 Å². The van der Waals surface area contributed by atoms with Crippen LogP contribution >= 0.6 is 0 Å². The number of hydrogen-bond acceptors (Lipinski definition) is 5. The second-order valence-corrected chi connectivity index (χ2v) is 10.9. The maximum absolute atomic E-state index is 12.8. The highest BCUT2D eigenvalue weighted by Crippen LogP contribution is 2.23. The summed E-state index contributed by atoms with van der Waals surface area (Å²) in [6.07, 6.45) is 5.18. The van der Waals surface area contributed by atoms with Crippen LogP contribution in [-0.4, -0.2) is 49.7 Å². The largest absolute Gasteiger partial charge is 0.438 e. The first-order valence-corrected chi connectivity index (χ1v) is 13.0. The molecule has 1 N–H and O–H groups in total. The summed E-state index contributed by atoms with van der Waals surface area (Å²) in [5.41, 5.74) is 2.27. The van der Waals surface area contributed by atoms with Gasteiger partial charge in [0.15, 0.2) is 5.76 Å². The molecule has 0 spiro atoms. The highest BCUT2D eigenvalue weighted by molar-refractivity contribution is 7.89. The number of likely N-dealkylation sites (tertiary alicyclic amines) is 1. The van der Waals surface area contributed by atoms with Gasteiger partial charge in [-0.1, -0.05) is 37.6 Å². The van der Waals surface area contributed by atoms with Crippen molar-refractivity contribution in [3.8, 4) is 0 Å². The monoisotopic (exact) mass is 459 g/mol. The van der Waals surface area contributed by atoms with Crippen LogP contribution in [0.25, 0.3) is 0 Å². The van der Waals surface area contributed by atoms with Gasteiger partial charge in [-0.3, -0.25) is 9.69 Å². The Morgan fingerprint density at radius 2 is 1.69 bits per heavy atom. The molecule has 0 atom stereocenters. The Bertz CT molecular complexity index is 1020. The van der Waals surface area contributed by atoms with E-state index in [0.29, 0.717) is 19.6 Å². The number of rotatable bonds is 7. The van der Waals surface area contributed by atoms with Gasteiger partial charge in [0.05, 0.1) is 0 Å². The number of nitrogens with one attached hydrogen (secondary N) is 1. The number of sulfonamides is 1. The first kappa shape index (κ1) is 23.0. The number of hydrogen-bond donors (Lipinski definition) is 1. The van der Waals surface area contributed by atoms with E-state index in [1.54, 1.807) is 0 Å². The summed E-state index contributed by atoms with van der Waals surface area (Å²) in [4.78, 5) is 15.1. The van der Waals surface area contributed by atoms with Crippen molar-refractivity contribution in [1.29, 1.82) is 0 Å². The molecule has 2 saturated heterocycles. The van der Waals surface area contributed by atoms with E-state index >= 15 is 0 Å². The van der Waals surface area contributed by atoms with Gasteiger partial charge in [-0.2, -0.15) is 4.31 Å². The topological polar surface area (TPSA) is 82.9 Å². The number of carbonyl (C=O) groups excluding carboxylic acids is 1. The molecule has 32 heavy (non-hydrogen) atoms. The second kappa shape index (κ2) is 10.2. The first-order valence-electron chi connectivity index (χ1n) is 11.6. The number of carbonyl (C=O) groups is 1. The maximum atomic E-state index is 12.8. The Kier molecular flexibility index (Phi) is 7.33. The first-order chi connectivity index (χ1) is 15.4. The minimum absolute atomic E-state index is 0.0167. The molecule has 174 valence electrons. The number of benzene rings is 1. The third kappa shape index (κ3) is 5.42. The molecule has 8 heteroatoms. The SMILES string of the molecule is CC1CCN(Cc2ccccc2CNC(=O)c2ccc(S(=O)(=O)N3CCCCC3)o2)CC1. The minimum Gasteiger partial charge on any atom is -0.438 e. The zero-order valence-corrected chi connectivity index (χ0v) is 19.6. The van der Waals surface area contributed by atoms with E-state index in [2.05, 4.69) is 23.2 Å². The summed E-state index contributed by atoms with van der Waals surface area (Å²) < 4.78 is 32.4. The molecule has 1 amide bonds. The summed E-state index contributed by atoms with van der Waals surface area (Å²) in [7, 11) is -3.69. The molecule has 2 aromatic rings. The molecule has 0 radical (unpaired) electrons. The third-order valence-electron chi connectivity index (χ3n) is 6.54. The standard InChI is InChI=1S/C24H33N3O4S/c1-19-11-15-26(16-12-19)18-21-8-4-3-7-20(21)17-25-24(28)22-9-10-23(31-22)32(29,30)27-13-5-2-6-14-27/h3-4,7-10,19H,2,5-6,11-18H2,1H3,(H,25,28). The lowest BCUT2D eigenvalue weighted by Crippen LogP contribution is -2.35. The number of amides is 1. The molecule has 0 aliphatic carbocycles. The van der Waals surface area contributed by atoms with Crippen LogP contribution in [-0.2, 0) is 23.1 Å². The number of piperidine rings is 2. The van der Waals surface area contributed by atoms with Crippen LogP contribution < -0.4 is 5.32 Å². The number of nitrogens with zero attached hydrogens (tertiary/aromatic N) is 2. The zero-order valence-electron chi connectivity index (χ0n) is 18.8. The highest BCUT2D eigenvalue weighted by atomic mass is 32.2. The van der Waals surface area contributed by atoms with Crippen LogP contribution in [0.5, 0.6) is 0 Å². The molecule has 7 nitrogen and oxygen atoms in total. The van der Waals surface area contributed by atoms with Gasteiger partial charge in [0.1, 0.15) is 0 Å². The van der Waals surface area contributed by atoms with Crippen molar-refractivity contribution >= 4 is 15.9 Å². The van der Waals surface area contributed by atoms with E-state index in [4.69, 9.17) is 4.42 Å². The Hall–Kier alpha value is -2.16. The van der Waals surface area contributed by atoms with E-state index in [1.165, 1.54) is 34.8 Å². The van der Waals surface area contributed by atoms with Crippen LogP contribution in [0, 0.1) is 5.92 Å². The van der Waals surface area contributed by atoms with E-state index < -0.39 is 15.9 Å². The van der Waals surface area contributed by atoms with Crippen LogP contribution in [0.4, 0.5) is 0 Å². The minimum atomic E-state index is -3.69. The Morgan fingerprint density at radius 3 is 2.41 bits per heavy atom. The lowest BCUT2D eigenvalue weighted by molar-refractivity contribution is 0.0917. The quantitative estimate of drug-likeness (QED) is 0.684. The molecule has 1 aromatic heterocycles. The molecule has 3 heterocycles. The van der Waals surface area contributed by atoms with Gasteiger partial charge >= 0.3 is 0 Å². The van der Waals surface area contributed by atoms with Gasteiger partial charge < -0.3 is 9.73 Å². The lowest BCUT2D eigenvalue weighted by atomic mass is 9.98. The molecule has 2 aliphatic heterocycles. The van der Waals surface area contributed by atoms with Crippen molar-refractivity contribution in [3.63, 3.8) is 0 Å². The van der Waals surface area contributed by atoms with E-state index in [9.17, 15) is 13.2 Å². The average Bonchev–Trinajstić information content (AvgIpc) is 3.32. The molecular formula is C24H33N3O4S. The molecule has 0 unspecified atom stereocenters. The Morgan fingerprint density at radius 1 is 1.00 bits per heavy atom. The van der Waals surface area contributed by atoms with Gasteiger partial charge in [0.25, 0.3) is 15.9 Å². The van der Waals surface area contributed by atoms with E-state index in [1.807, 2.05) is 18.2 Å². The smallest absolute Gasteiger partial charge is 0.287 e. The predicted octanol–water partition coefficient (Wildman–Crippen LogP) is 3.62. The summed E-state index contributed by atoms with van der Waals surface area (Å²) in [6, 6.07) is 10.9. The van der Waals surface area contributed by atoms with Gasteiger partial charge in [-0.25, -0.2) is 8.42 Å². The van der Waals surface area contributed by atoms with Gasteiger partial charge in [-0.05, 0) is 68.0 Å². The molecule has 2 fully saturated rings. The molecule has 1 aromatic carbocycles. The predicted molar refractivity (Wildman–Crippen MR) is 123 cm³/mol. The maximum Gasteiger partial charge on any atom is 0.287 e. The van der Waals surface area contributed by atoms with Crippen molar-refractivity contribution in [2.45, 2.75) is 57.2 Å². The van der Waals surface area contributed by atoms with Crippen molar-refractivity contribution in [3.05, 3.63) is 53.3 Å². The molecule has 4 rings (SSSR count). The normalized spacial score (nSPS) is 19.2. The van der Waals surface area contributed by atoms with Crippen molar-refractivity contribution in [2.75, 3.05) is 26.2 Å². The highest BCUT2D eigenvalue weighted by Gasteiger charge is 2.29. The van der Waals surface area contributed by atoms with Gasteiger partial charge in [0.2, 0.25) is 5.09 Å². The van der Waals surface area contributed by atoms with Crippen molar-refractivity contribution in [2.24, 2.45) is 5.92 Å². The molecule has 0 saturated carbocycles.